The molecule has 0 unspecified atom stereocenters. The molecule has 4 aromatic rings. The Labute approximate surface area is 161 Å². The number of aromatic amines is 1. The van der Waals surface area contributed by atoms with E-state index in [1.807, 2.05) is 31.2 Å². The quantitative estimate of drug-likeness (QED) is 0.575. The normalized spacial score (nSPS) is 10.9. The van der Waals surface area contributed by atoms with Crippen molar-refractivity contribution in [3.8, 4) is 11.3 Å². The molecular weight excluding hydrogens is 354 g/mol. The molecule has 0 atom stereocenters. The maximum absolute atomic E-state index is 12.9. The Morgan fingerprint density at radius 1 is 1.25 bits per heavy atom. The monoisotopic (exact) mass is 373 g/mol. The number of pyridine rings is 2. The maximum atomic E-state index is 12.9. The van der Waals surface area contributed by atoms with Crippen LogP contribution in [-0.4, -0.2) is 32.7 Å². The highest BCUT2D eigenvalue weighted by atomic mass is 16.1. The first-order valence-corrected chi connectivity index (χ1v) is 8.88. The number of H-pyrrole nitrogens is 1. The standard InChI is InChI=1S/C21H19N5O2/c1-13-17(11-24-25-13)19-9-15-6-7-26(21(28)18(15)10-23-19)12-14-4-3-5-16(8-14)20(27)22-2/h3-11H,12H2,1-2H3,(H,22,27)(H,24,25). The van der Waals surface area contributed by atoms with Crippen LogP contribution in [0.25, 0.3) is 22.0 Å². The summed E-state index contributed by atoms with van der Waals surface area (Å²) in [5, 5.41) is 10.9. The van der Waals surface area contributed by atoms with E-state index in [1.54, 1.807) is 42.3 Å². The number of hydrogen-bond donors (Lipinski definition) is 2. The van der Waals surface area contributed by atoms with Crippen molar-refractivity contribution in [2.24, 2.45) is 0 Å². The van der Waals surface area contributed by atoms with Crippen LogP contribution >= 0.6 is 0 Å². The van der Waals surface area contributed by atoms with Crippen molar-refractivity contribution in [2.45, 2.75) is 13.5 Å². The van der Waals surface area contributed by atoms with Crippen molar-refractivity contribution in [1.82, 2.24) is 25.1 Å². The molecular formula is C21H19N5O2. The van der Waals surface area contributed by atoms with E-state index in [0.29, 0.717) is 17.5 Å². The molecule has 7 heteroatoms. The minimum absolute atomic E-state index is 0.120. The molecule has 0 fully saturated rings. The van der Waals surface area contributed by atoms with Crippen molar-refractivity contribution in [1.29, 1.82) is 0 Å². The number of carbonyl (C=O) groups is 1. The van der Waals surface area contributed by atoms with E-state index < -0.39 is 0 Å². The molecule has 2 N–H and O–H groups in total. The van der Waals surface area contributed by atoms with E-state index in [2.05, 4.69) is 20.5 Å². The Morgan fingerprint density at radius 3 is 2.86 bits per heavy atom. The molecule has 0 aliphatic carbocycles. The average Bonchev–Trinajstić information content (AvgIpc) is 3.15. The first kappa shape index (κ1) is 17.7. The number of amides is 1. The molecule has 0 saturated carbocycles. The number of benzene rings is 1. The van der Waals surface area contributed by atoms with Gasteiger partial charge in [0.1, 0.15) is 0 Å². The van der Waals surface area contributed by atoms with Crippen LogP contribution in [0.1, 0.15) is 21.6 Å². The molecule has 140 valence electrons. The smallest absolute Gasteiger partial charge is 0.260 e. The summed E-state index contributed by atoms with van der Waals surface area (Å²) in [6.07, 6.45) is 5.17. The second-order valence-electron chi connectivity index (χ2n) is 6.57. The molecule has 0 bridgehead atoms. The molecule has 1 aromatic carbocycles. The summed E-state index contributed by atoms with van der Waals surface area (Å²) in [6, 6.07) is 11.0. The van der Waals surface area contributed by atoms with Crippen molar-refractivity contribution in [2.75, 3.05) is 7.05 Å². The Bertz CT molecular complexity index is 1240. The summed E-state index contributed by atoms with van der Waals surface area (Å²) < 4.78 is 1.62. The van der Waals surface area contributed by atoms with Crippen LogP contribution in [0.3, 0.4) is 0 Å². The highest BCUT2D eigenvalue weighted by Gasteiger charge is 2.10. The van der Waals surface area contributed by atoms with E-state index in [1.165, 1.54) is 0 Å². The van der Waals surface area contributed by atoms with Gasteiger partial charge in [-0.1, -0.05) is 12.1 Å². The largest absolute Gasteiger partial charge is 0.355 e. The fraction of sp³-hybridized carbons (Fsp3) is 0.143. The van der Waals surface area contributed by atoms with Crippen LogP contribution in [-0.2, 0) is 6.54 Å². The van der Waals surface area contributed by atoms with Gasteiger partial charge >= 0.3 is 0 Å². The summed E-state index contributed by atoms with van der Waals surface area (Å²) in [7, 11) is 1.59. The Balaban J connectivity index is 1.70. The van der Waals surface area contributed by atoms with Crippen LogP contribution in [0.15, 0.2) is 59.8 Å². The Morgan fingerprint density at radius 2 is 2.11 bits per heavy atom. The molecule has 3 aromatic heterocycles. The molecule has 0 saturated heterocycles. The Hall–Kier alpha value is -3.74. The van der Waals surface area contributed by atoms with Crippen LogP contribution < -0.4 is 10.9 Å². The molecule has 0 spiro atoms. The number of nitrogens with one attached hydrogen (secondary N) is 2. The first-order chi connectivity index (χ1) is 13.6. The Kier molecular flexibility index (Phi) is 4.49. The lowest BCUT2D eigenvalue weighted by Gasteiger charge is -2.09. The average molecular weight is 373 g/mol. The third-order valence-corrected chi connectivity index (χ3v) is 4.74. The van der Waals surface area contributed by atoms with Gasteiger partial charge in [0, 0.05) is 36.8 Å². The SMILES string of the molecule is CNC(=O)c1cccc(Cn2ccc3cc(-c4c[nH]nc4C)ncc3c2=O)c1. The zero-order valence-corrected chi connectivity index (χ0v) is 15.6. The minimum Gasteiger partial charge on any atom is -0.355 e. The highest BCUT2D eigenvalue weighted by Crippen LogP contribution is 2.22. The fourth-order valence-electron chi connectivity index (χ4n) is 3.22. The number of carbonyl (C=O) groups excluding carboxylic acids is 1. The van der Waals surface area contributed by atoms with E-state index >= 15 is 0 Å². The van der Waals surface area contributed by atoms with Crippen LogP contribution in [0.5, 0.6) is 0 Å². The summed E-state index contributed by atoms with van der Waals surface area (Å²) in [5.41, 5.74) is 3.87. The lowest BCUT2D eigenvalue weighted by Crippen LogP contribution is -2.21. The lowest BCUT2D eigenvalue weighted by atomic mass is 10.1. The third-order valence-electron chi connectivity index (χ3n) is 4.74. The first-order valence-electron chi connectivity index (χ1n) is 8.88. The van der Waals surface area contributed by atoms with Crippen LogP contribution in [0.2, 0.25) is 0 Å². The highest BCUT2D eigenvalue weighted by molar-refractivity contribution is 5.94. The van der Waals surface area contributed by atoms with E-state index in [9.17, 15) is 9.59 Å². The number of aryl methyl sites for hydroxylation is 1. The molecule has 0 radical (unpaired) electrons. The summed E-state index contributed by atoms with van der Waals surface area (Å²) in [4.78, 5) is 29.2. The van der Waals surface area contributed by atoms with Gasteiger partial charge in [-0.15, -0.1) is 0 Å². The van der Waals surface area contributed by atoms with Gasteiger partial charge in [0.15, 0.2) is 0 Å². The minimum atomic E-state index is -0.154. The van der Waals surface area contributed by atoms with E-state index in [4.69, 9.17) is 0 Å². The molecule has 28 heavy (non-hydrogen) atoms. The molecule has 0 aliphatic heterocycles. The molecule has 0 aliphatic rings. The zero-order valence-electron chi connectivity index (χ0n) is 15.6. The van der Waals surface area contributed by atoms with E-state index in [0.717, 1.165) is 27.9 Å². The van der Waals surface area contributed by atoms with Gasteiger partial charge in [-0.3, -0.25) is 19.7 Å². The number of fused-ring (bicyclic) bond motifs is 1. The van der Waals surface area contributed by atoms with Gasteiger partial charge in [0.25, 0.3) is 11.5 Å². The predicted octanol–water partition coefficient (Wildman–Crippen LogP) is 2.50. The number of rotatable bonds is 4. The maximum Gasteiger partial charge on any atom is 0.260 e. The van der Waals surface area contributed by atoms with Gasteiger partial charge in [-0.05, 0) is 42.1 Å². The van der Waals surface area contributed by atoms with Crippen molar-refractivity contribution in [3.05, 3.63) is 82.2 Å². The number of hydrogen-bond acceptors (Lipinski definition) is 4. The van der Waals surface area contributed by atoms with Gasteiger partial charge in [-0.2, -0.15) is 5.10 Å². The van der Waals surface area contributed by atoms with Crippen molar-refractivity contribution >= 4 is 16.7 Å². The van der Waals surface area contributed by atoms with Gasteiger partial charge in [-0.25, -0.2) is 0 Å². The summed E-state index contributed by atoms with van der Waals surface area (Å²) in [6.45, 7) is 2.28. The third kappa shape index (κ3) is 3.18. The fourth-order valence-corrected chi connectivity index (χ4v) is 3.22. The molecule has 3 heterocycles. The number of aromatic nitrogens is 4. The summed E-state index contributed by atoms with van der Waals surface area (Å²) >= 11 is 0. The van der Waals surface area contributed by atoms with Gasteiger partial charge in [0.2, 0.25) is 0 Å². The second-order valence-corrected chi connectivity index (χ2v) is 6.57. The topological polar surface area (TPSA) is 92.7 Å². The predicted molar refractivity (Wildman–Crippen MR) is 107 cm³/mol. The second kappa shape index (κ2) is 7.11. The van der Waals surface area contributed by atoms with E-state index in [-0.39, 0.29) is 11.5 Å². The van der Waals surface area contributed by atoms with Crippen LogP contribution in [0, 0.1) is 6.92 Å². The van der Waals surface area contributed by atoms with Gasteiger partial charge < -0.3 is 9.88 Å². The molecule has 1 amide bonds. The lowest BCUT2D eigenvalue weighted by molar-refractivity contribution is 0.0963. The summed E-state index contributed by atoms with van der Waals surface area (Å²) in [5.74, 6) is -0.154. The molecule has 7 nitrogen and oxygen atoms in total. The molecule has 4 rings (SSSR count). The number of nitrogens with zero attached hydrogens (tertiary/aromatic N) is 3. The van der Waals surface area contributed by atoms with Gasteiger partial charge in [0.05, 0.1) is 23.3 Å². The van der Waals surface area contributed by atoms with Crippen LogP contribution in [0.4, 0.5) is 0 Å². The zero-order chi connectivity index (χ0) is 19.7. The van der Waals surface area contributed by atoms with Crippen molar-refractivity contribution < 1.29 is 4.79 Å². The van der Waals surface area contributed by atoms with Crippen molar-refractivity contribution in [3.63, 3.8) is 0 Å².